The summed E-state index contributed by atoms with van der Waals surface area (Å²) in [6.45, 7) is 8.54. The summed E-state index contributed by atoms with van der Waals surface area (Å²) >= 11 is 0. The second kappa shape index (κ2) is 5.41. The number of hydrogen-bond acceptors (Lipinski definition) is 3. The van der Waals surface area contributed by atoms with E-state index < -0.39 is 0 Å². The average molecular weight is 262 g/mol. The molecule has 1 atom stereocenters. The molecule has 2 N–H and O–H groups in total. The van der Waals surface area contributed by atoms with Gasteiger partial charge in [0.05, 0.1) is 12.8 Å². The SMILES string of the molecule is COc1ccc(C)cc1N1CCCC(CN)C1(C)C. The van der Waals surface area contributed by atoms with Crippen LogP contribution in [0.1, 0.15) is 32.3 Å². The van der Waals surface area contributed by atoms with Crippen molar-refractivity contribution in [1.29, 1.82) is 0 Å². The Morgan fingerprint density at radius 2 is 2.16 bits per heavy atom. The molecule has 1 aromatic rings. The number of benzene rings is 1. The fraction of sp³-hybridized carbons (Fsp3) is 0.625. The third-order valence-electron chi connectivity index (χ3n) is 4.54. The molecular weight excluding hydrogens is 236 g/mol. The first-order valence-electron chi connectivity index (χ1n) is 7.13. The van der Waals surface area contributed by atoms with Gasteiger partial charge in [0.2, 0.25) is 0 Å². The molecule has 2 rings (SSSR count). The highest BCUT2D eigenvalue weighted by Crippen LogP contribution is 2.40. The van der Waals surface area contributed by atoms with Crippen LogP contribution in [0.4, 0.5) is 5.69 Å². The molecule has 3 heteroatoms. The first kappa shape index (κ1) is 14.2. The van der Waals surface area contributed by atoms with Crippen molar-refractivity contribution >= 4 is 5.69 Å². The molecule has 106 valence electrons. The fourth-order valence-electron chi connectivity index (χ4n) is 3.21. The Hall–Kier alpha value is -1.22. The van der Waals surface area contributed by atoms with E-state index >= 15 is 0 Å². The molecule has 0 aliphatic carbocycles. The van der Waals surface area contributed by atoms with Crippen LogP contribution in [-0.4, -0.2) is 25.7 Å². The van der Waals surface area contributed by atoms with E-state index in [2.05, 4.69) is 43.9 Å². The zero-order chi connectivity index (χ0) is 14.0. The number of piperidine rings is 1. The molecule has 1 saturated heterocycles. The van der Waals surface area contributed by atoms with Crippen molar-refractivity contribution in [3.63, 3.8) is 0 Å². The van der Waals surface area contributed by atoms with E-state index in [1.54, 1.807) is 7.11 Å². The largest absolute Gasteiger partial charge is 0.495 e. The number of nitrogens with zero attached hydrogens (tertiary/aromatic N) is 1. The predicted octanol–water partition coefficient (Wildman–Crippen LogP) is 2.96. The van der Waals surface area contributed by atoms with Crippen molar-refractivity contribution < 1.29 is 4.74 Å². The van der Waals surface area contributed by atoms with Crippen LogP contribution >= 0.6 is 0 Å². The van der Waals surface area contributed by atoms with Gasteiger partial charge in [-0.3, -0.25) is 0 Å². The number of anilines is 1. The van der Waals surface area contributed by atoms with Crippen LogP contribution in [0.25, 0.3) is 0 Å². The van der Waals surface area contributed by atoms with Crippen molar-refractivity contribution in [2.45, 2.75) is 39.2 Å². The van der Waals surface area contributed by atoms with Gasteiger partial charge in [0.25, 0.3) is 0 Å². The molecule has 0 spiro atoms. The zero-order valence-corrected chi connectivity index (χ0v) is 12.6. The molecular formula is C16H26N2O. The smallest absolute Gasteiger partial charge is 0.142 e. The minimum atomic E-state index is 0.0775. The third kappa shape index (κ3) is 2.57. The minimum absolute atomic E-state index is 0.0775. The van der Waals surface area contributed by atoms with Crippen LogP contribution in [-0.2, 0) is 0 Å². The molecule has 3 nitrogen and oxygen atoms in total. The molecule has 0 radical (unpaired) electrons. The normalized spacial score (nSPS) is 22.4. The van der Waals surface area contributed by atoms with E-state index in [0.717, 1.165) is 18.8 Å². The Kier molecular flexibility index (Phi) is 4.04. The van der Waals surface area contributed by atoms with E-state index in [1.165, 1.54) is 24.1 Å². The van der Waals surface area contributed by atoms with Gasteiger partial charge in [-0.25, -0.2) is 0 Å². The summed E-state index contributed by atoms with van der Waals surface area (Å²) in [4.78, 5) is 2.47. The van der Waals surface area contributed by atoms with Gasteiger partial charge < -0.3 is 15.4 Å². The lowest BCUT2D eigenvalue weighted by molar-refractivity contribution is 0.242. The topological polar surface area (TPSA) is 38.5 Å². The minimum Gasteiger partial charge on any atom is -0.495 e. The molecule has 0 aromatic heterocycles. The molecule has 19 heavy (non-hydrogen) atoms. The van der Waals surface area contributed by atoms with Crippen molar-refractivity contribution in [2.24, 2.45) is 11.7 Å². The Morgan fingerprint density at radius 3 is 2.79 bits per heavy atom. The molecule has 1 aromatic carbocycles. The summed E-state index contributed by atoms with van der Waals surface area (Å²) in [7, 11) is 1.74. The van der Waals surface area contributed by atoms with E-state index in [4.69, 9.17) is 10.5 Å². The first-order valence-corrected chi connectivity index (χ1v) is 7.13. The number of nitrogens with two attached hydrogens (primary N) is 1. The molecule has 1 aliphatic heterocycles. The zero-order valence-electron chi connectivity index (χ0n) is 12.6. The maximum Gasteiger partial charge on any atom is 0.142 e. The Bertz CT molecular complexity index is 442. The maximum atomic E-state index is 5.96. The van der Waals surface area contributed by atoms with E-state index in [9.17, 15) is 0 Å². The predicted molar refractivity (Wildman–Crippen MR) is 80.9 cm³/mol. The van der Waals surface area contributed by atoms with Crippen LogP contribution in [0.3, 0.4) is 0 Å². The lowest BCUT2D eigenvalue weighted by atomic mass is 9.78. The lowest BCUT2D eigenvalue weighted by Gasteiger charge is -2.49. The van der Waals surface area contributed by atoms with Crippen molar-refractivity contribution in [2.75, 3.05) is 25.1 Å². The van der Waals surface area contributed by atoms with Crippen molar-refractivity contribution in [1.82, 2.24) is 0 Å². The van der Waals surface area contributed by atoms with Crippen molar-refractivity contribution in [3.05, 3.63) is 23.8 Å². The molecule has 1 heterocycles. The Morgan fingerprint density at radius 1 is 1.42 bits per heavy atom. The van der Waals surface area contributed by atoms with Crippen LogP contribution in [0, 0.1) is 12.8 Å². The third-order valence-corrected chi connectivity index (χ3v) is 4.54. The van der Waals surface area contributed by atoms with Gasteiger partial charge in [-0.1, -0.05) is 6.07 Å². The second-order valence-corrected chi connectivity index (χ2v) is 6.06. The standard InChI is InChI=1S/C16H26N2O/c1-12-7-8-15(19-4)14(10-12)18-9-5-6-13(11-17)16(18,2)3/h7-8,10,13H,5-6,9,11,17H2,1-4H3. The van der Waals surface area contributed by atoms with Gasteiger partial charge in [0.1, 0.15) is 5.75 Å². The van der Waals surface area contributed by atoms with Crippen LogP contribution in [0.5, 0.6) is 5.75 Å². The average Bonchev–Trinajstić information content (AvgIpc) is 2.38. The summed E-state index contributed by atoms with van der Waals surface area (Å²) in [5.74, 6) is 1.49. The number of hydrogen-bond donors (Lipinski definition) is 1. The van der Waals surface area contributed by atoms with Gasteiger partial charge in [-0.15, -0.1) is 0 Å². The summed E-state index contributed by atoms with van der Waals surface area (Å²) < 4.78 is 5.54. The Labute approximate surface area is 116 Å². The highest BCUT2D eigenvalue weighted by atomic mass is 16.5. The molecule has 1 fully saturated rings. The van der Waals surface area contributed by atoms with Gasteiger partial charge in [-0.2, -0.15) is 0 Å². The second-order valence-electron chi connectivity index (χ2n) is 6.06. The van der Waals surface area contributed by atoms with Crippen molar-refractivity contribution in [3.8, 4) is 5.75 Å². The maximum absolute atomic E-state index is 5.96. The number of ether oxygens (including phenoxy) is 1. The monoisotopic (exact) mass is 262 g/mol. The molecule has 1 unspecified atom stereocenters. The summed E-state index contributed by atoms with van der Waals surface area (Å²) in [5, 5.41) is 0. The number of methoxy groups -OCH3 is 1. The van der Waals surface area contributed by atoms with Gasteiger partial charge in [0, 0.05) is 12.1 Å². The van der Waals surface area contributed by atoms with E-state index in [1.807, 2.05) is 0 Å². The number of aryl methyl sites for hydroxylation is 1. The molecule has 0 bridgehead atoms. The highest BCUT2D eigenvalue weighted by molar-refractivity contribution is 5.62. The van der Waals surface area contributed by atoms with Crippen LogP contribution in [0.15, 0.2) is 18.2 Å². The van der Waals surface area contributed by atoms with E-state index in [0.29, 0.717) is 5.92 Å². The highest BCUT2D eigenvalue weighted by Gasteiger charge is 2.38. The van der Waals surface area contributed by atoms with Gasteiger partial charge >= 0.3 is 0 Å². The lowest BCUT2D eigenvalue weighted by Crippen LogP contribution is -2.55. The molecule has 1 aliphatic rings. The van der Waals surface area contributed by atoms with E-state index in [-0.39, 0.29) is 5.54 Å². The van der Waals surface area contributed by atoms with Crippen LogP contribution < -0.4 is 15.4 Å². The summed E-state index contributed by atoms with van der Waals surface area (Å²) in [6.07, 6.45) is 2.41. The quantitative estimate of drug-likeness (QED) is 0.910. The number of rotatable bonds is 3. The Balaban J connectivity index is 2.42. The first-order chi connectivity index (χ1) is 9.00. The van der Waals surface area contributed by atoms with Gasteiger partial charge in [-0.05, 0) is 63.8 Å². The summed E-state index contributed by atoms with van der Waals surface area (Å²) in [5.41, 5.74) is 8.50. The van der Waals surface area contributed by atoms with Crippen LogP contribution in [0.2, 0.25) is 0 Å². The summed E-state index contributed by atoms with van der Waals surface area (Å²) in [6, 6.07) is 6.38. The van der Waals surface area contributed by atoms with Gasteiger partial charge in [0.15, 0.2) is 0 Å². The molecule has 0 saturated carbocycles. The fourth-order valence-corrected chi connectivity index (χ4v) is 3.21. The molecule has 0 amide bonds.